The Hall–Kier alpha value is -0.480. The Balaban J connectivity index is 2.28. The number of thiol groups is 1. The number of hydrogen-bond acceptors (Lipinski definition) is 4. The van der Waals surface area contributed by atoms with Crippen LogP contribution in [0.15, 0.2) is 23.1 Å². The molecule has 0 saturated carbocycles. The lowest BCUT2D eigenvalue weighted by Crippen LogP contribution is -1.95. The second kappa shape index (κ2) is 4.35. The van der Waals surface area contributed by atoms with Crippen LogP contribution in [0.2, 0.25) is 0 Å². The van der Waals surface area contributed by atoms with E-state index in [2.05, 4.69) is 22.9 Å². The minimum absolute atomic E-state index is 0.789. The summed E-state index contributed by atoms with van der Waals surface area (Å²) in [5, 5.41) is 7.69. The number of hydrogen-bond donors (Lipinski definition) is 2. The van der Waals surface area contributed by atoms with Crippen molar-refractivity contribution >= 4 is 29.1 Å². The molecule has 0 atom stereocenters. The molecule has 2 nitrogen and oxygen atoms in total. The largest absolute Gasteiger partial charge is 0.358 e. The first-order valence-corrected chi connectivity index (χ1v) is 4.25. The molecule has 0 unspecified atom stereocenters. The van der Waals surface area contributed by atoms with E-state index in [4.69, 9.17) is 0 Å². The van der Waals surface area contributed by atoms with Crippen LogP contribution in [-0.2, 0) is 0 Å². The summed E-state index contributed by atoms with van der Waals surface area (Å²) in [6.07, 6.45) is 3.70. The SMILES string of the molecule is SC=CCNc1nccs1. The molecule has 1 aromatic rings. The lowest BCUT2D eigenvalue weighted by Gasteiger charge is -1.93. The first-order valence-electron chi connectivity index (χ1n) is 2.86. The Bertz CT molecular complexity index is 194. The molecule has 0 aliphatic heterocycles. The lowest BCUT2D eigenvalue weighted by molar-refractivity contribution is 1.28. The van der Waals surface area contributed by atoms with Crippen LogP contribution in [0.4, 0.5) is 5.13 Å². The van der Waals surface area contributed by atoms with Crippen molar-refractivity contribution in [2.75, 3.05) is 11.9 Å². The molecule has 0 fully saturated rings. The Morgan fingerprint density at radius 2 is 2.70 bits per heavy atom. The van der Waals surface area contributed by atoms with Gasteiger partial charge in [-0.1, -0.05) is 6.08 Å². The van der Waals surface area contributed by atoms with Crippen molar-refractivity contribution in [3.05, 3.63) is 23.1 Å². The zero-order chi connectivity index (χ0) is 7.23. The molecule has 4 heteroatoms. The van der Waals surface area contributed by atoms with Gasteiger partial charge in [0.25, 0.3) is 0 Å². The maximum atomic E-state index is 4.04. The molecule has 0 amide bonds. The van der Waals surface area contributed by atoms with Gasteiger partial charge in [0.05, 0.1) is 0 Å². The van der Waals surface area contributed by atoms with Crippen LogP contribution in [0.25, 0.3) is 0 Å². The molecular weight excluding hydrogens is 164 g/mol. The summed E-state index contributed by atoms with van der Waals surface area (Å²) in [7, 11) is 0. The molecule has 0 radical (unpaired) electrons. The number of rotatable bonds is 3. The highest BCUT2D eigenvalue weighted by molar-refractivity contribution is 7.83. The van der Waals surface area contributed by atoms with Gasteiger partial charge in [-0.2, -0.15) is 12.6 Å². The zero-order valence-corrected chi connectivity index (χ0v) is 7.03. The summed E-state index contributed by atoms with van der Waals surface area (Å²) in [6.45, 7) is 0.789. The molecule has 1 rings (SSSR count). The van der Waals surface area contributed by atoms with Crippen molar-refractivity contribution in [2.24, 2.45) is 0 Å². The van der Waals surface area contributed by atoms with Gasteiger partial charge in [-0.05, 0) is 5.41 Å². The molecule has 1 aromatic heterocycles. The van der Waals surface area contributed by atoms with Crippen LogP contribution in [-0.4, -0.2) is 11.5 Å². The van der Waals surface area contributed by atoms with E-state index >= 15 is 0 Å². The zero-order valence-electron chi connectivity index (χ0n) is 5.32. The first-order chi connectivity index (χ1) is 4.93. The minimum atomic E-state index is 0.789. The van der Waals surface area contributed by atoms with E-state index in [0.717, 1.165) is 11.7 Å². The topological polar surface area (TPSA) is 24.9 Å². The van der Waals surface area contributed by atoms with Gasteiger partial charge in [0.2, 0.25) is 0 Å². The van der Waals surface area contributed by atoms with Crippen LogP contribution < -0.4 is 5.32 Å². The maximum absolute atomic E-state index is 4.04. The van der Waals surface area contributed by atoms with Crippen molar-refractivity contribution in [2.45, 2.75) is 0 Å². The number of nitrogens with zero attached hydrogens (tertiary/aromatic N) is 1. The third-order valence-corrected chi connectivity index (χ3v) is 1.85. The standard InChI is InChI=1S/C6H8N2S2/c9-4-1-2-7-6-8-3-5-10-6/h1,3-5,9H,2H2,(H,7,8). The van der Waals surface area contributed by atoms with Crippen molar-refractivity contribution in [1.82, 2.24) is 4.98 Å². The average molecular weight is 172 g/mol. The minimum Gasteiger partial charge on any atom is -0.358 e. The second-order valence-corrected chi connectivity index (χ2v) is 2.80. The molecule has 1 heterocycles. The van der Waals surface area contributed by atoms with E-state index < -0.39 is 0 Å². The Morgan fingerprint density at radius 3 is 3.30 bits per heavy atom. The van der Waals surface area contributed by atoms with Crippen molar-refractivity contribution < 1.29 is 0 Å². The van der Waals surface area contributed by atoms with Crippen molar-refractivity contribution in [3.63, 3.8) is 0 Å². The van der Waals surface area contributed by atoms with Gasteiger partial charge in [-0.25, -0.2) is 4.98 Å². The van der Waals surface area contributed by atoms with Crippen molar-refractivity contribution in [3.8, 4) is 0 Å². The van der Waals surface area contributed by atoms with Gasteiger partial charge < -0.3 is 5.32 Å². The molecule has 0 aromatic carbocycles. The fraction of sp³-hybridized carbons (Fsp3) is 0.167. The Morgan fingerprint density at radius 1 is 1.80 bits per heavy atom. The summed E-state index contributed by atoms with van der Waals surface area (Å²) >= 11 is 5.51. The molecule has 0 aliphatic rings. The number of anilines is 1. The predicted molar refractivity (Wildman–Crippen MR) is 48.7 cm³/mol. The molecule has 54 valence electrons. The monoisotopic (exact) mass is 172 g/mol. The van der Waals surface area contributed by atoms with Gasteiger partial charge in [0, 0.05) is 18.1 Å². The lowest BCUT2D eigenvalue weighted by atomic mass is 10.6. The number of nitrogens with one attached hydrogen (secondary N) is 1. The van der Waals surface area contributed by atoms with Crippen LogP contribution in [0.5, 0.6) is 0 Å². The van der Waals surface area contributed by atoms with Gasteiger partial charge in [-0.3, -0.25) is 0 Å². The summed E-state index contributed by atoms with van der Waals surface area (Å²) in [6, 6.07) is 0. The van der Waals surface area contributed by atoms with E-state index in [9.17, 15) is 0 Å². The quantitative estimate of drug-likeness (QED) is 0.682. The molecule has 0 aliphatic carbocycles. The molecule has 0 saturated heterocycles. The van der Waals surface area contributed by atoms with E-state index in [1.54, 1.807) is 22.9 Å². The van der Waals surface area contributed by atoms with Gasteiger partial charge >= 0.3 is 0 Å². The fourth-order valence-electron chi connectivity index (χ4n) is 0.510. The van der Waals surface area contributed by atoms with Gasteiger partial charge in [-0.15, -0.1) is 11.3 Å². The summed E-state index contributed by atoms with van der Waals surface area (Å²) in [5.41, 5.74) is 0. The molecular formula is C6H8N2S2. The van der Waals surface area contributed by atoms with Crippen LogP contribution in [0.3, 0.4) is 0 Å². The molecule has 10 heavy (non-hydrogen) atoms. The third kappa shape index (κ3) is 2.41. The van der Waals surface area contributed by atoms with E-state index in [0.29, 0.717) is 0 Å². The smallest absolute Gasteiger partial charge is 0.182 e. The van der Waals surface area contributed by atoms with Gasteiger partial charge in [0.15, 0.2) is 5.13 Å². The molecule has 0 spiro atoms. The predicted octanol–water partition coefficient (Wildman–Crippen LogP) is 2.00. The Labute approximate surface area is 69.4 Å². The third-order valence-electron chi connectivity index (χ3n) is 0.909. The summed E-state index contributed by atoms with van der Waals surface area (Å²) in [5.74, 6) is 0. The Kier molecular flexibility index (Phi) is 3.32. The van der Waals surface area contributed by atoms with Crippen LogP contribution >= 0.6 is 24.0 Å². The highest BCUT2D eigenvalue weighted by Crippen LogP contribution is 2.09. The van der Waals surface area contributed by atoms with Gasteiger partial charge in [0.1, 0.15) is 0 Å². The average Bonchev–Trinajstić information content (AvgIpc) is 2.41. The normalized spacial score (nSPS) is 10.5. The first kappa shape index (κ1) is 7.63. The highest BCUT2D eigenvalue weighted by Gasteiger charge is 1.87. The fourth-order valence-corrected chi connectivity index (χ4v) is 1.15. The van der Waals surface area contributed by atoms with E-state index in [1.807, 2.05) is 11.5 Å². The summed E-state index contributed by atoms with van der Waals surface area (Å²) in [4.78, 5) is 4.04. The van der Waals surface area contributed by atoms with E-state index in [-0.39, 0.29) is 0 Å². The number of aromatic nitrogens is 1. The molecule has 1 N–H and O–H groups in total. The van der Waals surface area contributed by atoms with Crippen LogP contribution in [0, 0.1) is 0 Å². The highest BCUT2D eigenvalue weighted by atomic mass is 32.1. The maximum Gasteiger partial charge on any atom is 0.182 e. The van der Waals surface area contributed by atoms with Crippen molar-refractivity contribution in [1.29, 1.82) is 0 Å². The molecule has 0 bridgehead atoms. The summed E-state index contributed by atoms with van der Waals surface area (Å²) < 4.78 is 0. The number of thiazole rings is 1. The van der Waals surface area contributed by atoms with Crippen LogP contribution in [0.1, 0.15) is 0 Å². The second-order valence-electron chi connectivity index (χ2n) is 1.60. The van der Waals surface area contributed by atoms with E-state index in [1.165, 1.54) is 0 Å².